The molecule has 9 heteroatoms. The molecule has 1 saturated carbocycles. The average molecular weight is 509 g/mol. The second-order valence-corrected chi connectivity index (χ2v) is 10.7. The van der Waals surface area contributed by atoms with Crippen LogP contribution in [0.4, 0.5) is 14.9 Å². The molecule has 1 aromatic carbocycles. The molecule has 2 aromatic heterocycles. The zero-order valence-electron chi connectivity index (χ0n) is 17.4. The van der Waals surface area contributed by atoms with Crippen LogP contribution in [-0.2, 0) is 4.74 Å². The Kier molecular flexibility index (Phi) is 4.68. The average Bonchev–Trinajstić information content (AvgIpc) is 3.00. The minimum Gasteiger partial charge on any atom is -0.444 e. The van der Waals surface area contributed by atoms with E-state index in [1.807, 2.05) is 20.8 Å². The van der Waals surface area contributed by atoms with Crippen LogP contribution in [0.15, 0.2) is 16.7 Å². The third-order valence-electron chi connectivity index (χ3n) is 6.10. The first kappa shape index (κ1) is 20.8. The Balaban J connectivity index is 1.46. The van der Waals surface area contributed by atoms with E-state index in [0.29, 0.717) is 16.6 Å². The first-order valence-corrected chi connectivity index (χ1v) is 11.4. The van der Waals surface area contributed by atoms with Gasteiger partial charge < -0.3 is 19.9 Å². The summed E-state index contributed by atoms with van der Waals surface area (Å²) in [4.78, 5) is 22.1. The van der Waals surface area contributed by atoms with Crippen molar-refractivity contribution < 1.29 is 13.9 Å². The van der Waals surface area contributed by atoms with Crippen molar-refractivity contribution in [1.29, 1.82) is 0 Å². The number of aromatic nitrogens is 2. The number of rotatable bonds is 2. The van der Waals surface area contributed by atoms with E-state index in [9.17, 15) is 9.18 Å². The molecule has 1 saturated heterocycles. The molecule has 5 rings (SSSR count). The number of carbonyl (C=O) groups excluding carboxylic acids is 1. The number of anilines is 1. The summed E-state index contributed by atoms with van der Waals surface area (Å²) in [5.41, 5.74) is 1.67. The summed E-state index contributed by atoms with van der Waals surface area (Å²) in [6.07, 6.45) is 3.21. The van der Waals surface area contributed by atoms with Crippen LogP contribution in [-0.4, -0.2) is 40.8 Å². The Morgan fingerprint density at radius 1 is 1.48 bits per heavy atom. The summed E-state index contributed by atoms with van der Waals surface area (Å²) >= 11 is 9.97. The monoisotopic (exact) mass is 507 g/mol. The molecular weight excluding hydrogens is 487 g/mol. The van der Waals surface area contributed by atoms with E-state index in [2.05, 4.69) is 42.2 Å². The van der Waals surface area contributed by atoms with E-state index in [-0.39, 0.29) is 22.6 Å². The Morgan fingerprint density at radius 2 is 2.26 bits per heavy atom. The van der Waals surface area contributed by atoms with Gasteiger partial charge in [-0.3, -0.25) is 0 Å². The quantitative estimate of drug-likeness (QED) is 0.475. The number of ether oxygens (including phenoxy) is 1. The number of hydrogen-bond donors (Lipinski definition) is 2. The molecule has 2 aliphatic rings. The molecule has 0 unspecified atom stereocenters. The number of nitrogens with one attached hydrogen (secondary N) is 2. The molecule has 1 spiro atoms. The standard InChI is InChI=1S/C22H22BrClFN4O2/c1-21(2,3)31-20(30)28-14-8-22(14)6-7-29(10-22)18-11(23)9-26-19-16(18)15-13(27-19)5-4-12(25)17(15)24/h4,9,14H,6-8,10H2,1-3H3,(H,26,27)(H,28,30)/t14-,22-/m0/s1. The largest absolute Gasteiger partial charge is 0.444 e. The fourth-order valence-electron chi connectivity index (χ4n) is 4.61. The zero-order chi connectivity index (χ0) is 22.1. The number of amides is 1. The van der Waals surface area contributed by atoms with Gasteiger partial charge in [-0.25, -0.2) is 14.2 Å². The Labute approximate surface area is 192 Å². The lowest BCUT2D eigenvalue weighted by molar-refractivity contribution is 0.0517. The number of aromatic amines is 1. The highest BCUT2D eigenvalue weighted by molar-refractivity contribution is 9.10. The number of halogens is 3. The van der Waals surface area contributed by atoms with Gasteiger partial charge >= 0.3 is 6.09 Å². The SMILES string of the molecule is CC(C)(C)OC(=O)N[C@H]1C[C@]12CCN(c1c(Br)cnc3[nH]c4[c]cc(F)c(Cl)c4c13)C2. The molecule has 1 aliphatic carbocycles. The molecule has 31 heavy (non-hydrogen) atoms. The van der Waals surface area contributed by atoms with Gasteiger partial charge in [0.1, 0.15) is 17.1 Å². The van der Waals surface area contributed by atoms with Crippen LogP contribution in [0, 0.1) is 17.3 Å². The summed E-state index contributed by atoms with van der Waals surface area (Å²) in [7, 11) is 0. The topological polar surface area (TPSA) is 70.2 Å². The van der Waals surface area contributed by atoms with Crippen molar-refractivity contribution in [3.63, 3.8) is 0 Å². The Morgan fingerprint density at radius 3 is 3.00 bits per heavy atom. The number of H-pyrrole nitrogens is 1. The van der Waals surface area contributed by atoms with Gasteiger partial charge in [-0.1, -0.05) is 11.6 Å². The van der Waals surface area contributed by atoms with Gasteiger partial charge in [0.15, 0.2) is 0 Å². The highest BCUT2D eigenvalue weighted by atomic mass is 79.9. The lowest BCUT2D eigenvalue weighted by Crippen LogP contribution is -2.36. The normalized spacial score (nSPS) is 23.2. The Hall–Kier alpha value is -2.06. The fraction of sp³-hybridized carbons (Fsp3) is 0.455. The van der Waals surface area contributed by atoms with Crippen LogP contribution in [0.5, 0.6) is 0 Å². The lowest BCUT2D eigenvalue weighted by atomic mass is 10.1. The molecule has 0 bridgehead atoms. The summed E-state index contributed by atoms with van der Waals surface area (Å²) in [5, 5.41) is 4.44. The van der Waals surface area contributed by atoms with E-state index in [1.165, 1.54) is 6.07 Å². The summed E-state index contributed by atoms with van der Waals surface area (Å²) in [5.74, 6) is -0.511. The van der Waals surface area contributed by atoms with Crippen molar-refractivity contribution in [3.8, 4) is 0 Å². The maximum absolute atomic E-state index is 14.2. The van der Waals surface area contributed by atoms with E-state index < -0.39 is 11.4 Å². The van der Waals surface area contributed by atoms with E-state index in [1.54, 1.807) is 6.20 Å². The van der Waals surface area contributed by atoms with Crippen molar-refractivity contribution in [2.45, 2.75) is 45.3 Å². The summed E-state index contributed by atoms with van der Waals surface area (Å²) in [6, 6.07) is 4.23. The minimum atomic E-state index is -0.526. The van der Waals surface area contributed by atoms with Crippen LogP contribution < -0.4 is 10.2 Å². The summed E-state index contributed by atoms with van der Waals surface area (Å²) in [6.45, 7) is 7.14. The number of alkyl carbamates (subject to hydrolysis) is 1. The molecule has 163 valence electrons. The molecule has 2 N–H and O–H groups in total. The predicted molar refractivity (Wildman–Crippen MR) is 122 cm³/mol. The second-order valence-electron chi connectivity index (χ2n) is 9.44. The number of benzene rings is 1. The third-order valence-corrected chi connectivity index (χ3v) is 7.05. The van der Waals surface area contributed by atoms with Crippen molar-refractivity contribution >= 4 is 61.2 Å². The van der Waals surface area contributed by atoms with Gasteiger partial charge in [0, 0.05) is 42.2 Å². The molecule has 1 amide bonds. The first-order valence-electron chi connectivity index (χ1n) is 10.2. The second kappa shape index (κ2) is 6.97. The van der Waals surface area contributed by atoms with Crippen molar-refractivity contribution in [3.05, 3.63) is 33.6 Å². The minimum absolute atomic E-state index is 0.0131. The van der Waals surface area contributed by atoms with E-state index in [0.717, 1.165) is 41.5 Å². The van der Waals surface area contributed by atoms with Crippen molar-refractivity contribution in [1.82, 2.24) is 15.3 Å². The van der Waals surface area contributed by atoms with Gasteiger partial charge in [0.2, 0.25) is 0 Å². The van der Waals surface area contributed by atoms with Crippen LogP contribution in [0.1, 0.15) is 33.6 Å². The van der Waals surface area contributed by atoms with Crippen molar-refractivity contribution in [2.75, 3.05) is 18.0 Å². The van der Waals surface area contributed by atoms with Crippen LogP contribution in [0.2, 0.25) is 5.02 Å². The maximum atomic E-state index is 14.2. The smallest absolute Gasteiger partial charge is 0.407 e. The van der Waals surface area contributed by atoms with E-state index >= 15 is 0 Å². The molecule has 2 atom stereocenters. The number of pyridine rings is 1. The number of carbonyl (C=O) groups is 1. The van der Waals surface area contributed by atoms with Gasteiger partial charge in [-0.15, -0.1) is 0 Å². The molecule has 2 fully saturated rings. The van der Waals surface area contributed by atoms with E-state index in [4.69, 9.17) is 16.3 Å². The first-order chi connectivity index (χ1) is 14.6. The molecule has 1 radical (unpaired) electrons. The molecule has 3 heterocycles. The number of hydrogen-bond acceptors (Lipinski definition) is 4. The van der Waals surface area contributed by atoms with Crippen LogP contribution >= 0.6 is 27.5 Å². The highest BCUT2D eigenvalue weighted by Gasteiger charge is 2.58. The fourth-order valence-corrected chi connectivity index (χ4v) is 5.41. The maximum Gasteiger partial charge on any atom is 0.407 e. The van der Waals surface area contributed by atoms with Gasteiger partial charge in [0.25, 0.3) is 0 Å². The molecule has 1 aliphatic heterocycles. The predicted octanol–water partition coefficient (Wildman–Crippen LogP) is 5.56. The van der Waals surface area contributed by atoms with Gasteiger partial charge in [-0.05, 0) is 55.6 Å². The summed E-state index contributed by atoms with van der Waals surface area (Å²) < 4.78 is 20.4. The Bertz CT molecular complexity index is 1220. The molecule has 3 aromatic rings. The molecular formula is C22H22BrClFN4O2. The van der Waals surface area contributed by atoms with Gasteiger partial charge in [-0.2, -0.15) is 0 Å². The lowest BCUT2D eigenvalue weighted by Gasteiger charge is -2.22. The van der Waals surface area contributed by atoms with Crippen LogP contribution in [0.3, 0.4) is 0 Å². The number of fused-ring (bicyclic) bond motifs is 3. The number of nitrogens with zero attached hydrogens (tertiary/aromatic N) is 2. The van der Waals surface area contributed by atoms with Gasteiger partial charge in [0.05, 0.1) is 26.1 Å². The van der Waals surface area contributed by atoms with Crippen LogP contribution in [0.25, 0.3) is 21.9 Å². The highest BCUT2D eigenvalue weighted by Crippen LogP contribution is 2.55. The molecule has 6 nitrogen and oxygen atoms in total. The third kappa shape index (κ3) is 3.53. The van der Waals surface area contributed by atoms with Crippen molar-refractivity contribution in [2.24, 2.45) is 5.41 Å². The zero-order valence-corrected chi connectivity index (χ0v) is 19.7.